The van der Waals surface area contributed by atoms with Gasteiger partial charge in [0.05, 0.1) is 0 Å². The summed E-state index contributed by atoms with van der Waals surface area (Å²) < 4.78 is 1.40. The summed E-state index contributed by atoms with van der Waals surface area (Å²) in [4.78, 5) is 0. The van der Waals surface area contributed by atoms with Crippen molar-refractivity contribution in [2.45, 2.75) is 26.2 Å². The first-order valence-corrected chi connectivity index (χ1v) is 5.44. The normalized spacial score (nSPS) is 12.2. The second-order valence-electron chi connectivity index (χ2n) is 4.39. The molecule has 0 nitrogen and oxygen atoms in total. The van der Waals surface area contributed by atoms with Gasteiger partial charge in [0.25, 0.3) is 0 Å². The lowest BCUT2D eigenvalue weighted by molar-refractivity contribution is 0.596. The number of hydrogen-bond donors (Lipinski definition) is 0. The third-order valence-electron chi connectivity index (χ3n) is 2.30. The molecule has 0 N–H and O–H groups in total. The predicted molar refractivity (Wildman–Crippen MR) is 60.5 cm³/mol. The van der Waals surface area contributed by atoms with Crippen molar-refractivity contribution in [3.8, 4) is 0 Å². The molecule has 2 aromatic rings. The van der Waals surface area contributed by atoms with Gasteiger partial charge in [0.1, 0.15) is 0 Å². The van der Waals surface area contributed by atoms with Crippen LogP contribution in [0.1, 0.15) is 26.3 Å². The molecule has 0 unspecified atom stereocenters. The minimum Gasteiger partial charge on any atom is -0.144 e. The second-order valence-corrected chi connectivity index (χ2v) is 5.34. The van der Waals surface area contributed by atoms with E-state index in [4.69, 9.17) is 0 Å². The van der Waals surface area contributed by atoms with Crippen molar-refractivity contribution in [3.63, 3.8) is 0 Å². The molecule has 68 valence electrons. The summed E-state index contributed by atoms with van der Waals surface area (Å²) in [5, 5.41) is 3.58. The van der Waals surface area contributed by atoms with Gasteiger partial charge >= 0.3 is 0 Å². The molecule has 0 saturated carbocycles. The molecule has 0 fully saturated rings. The molecule has 13 heavy (non-hydrogen) atoms. The molecular weight excluding hydrogens is 176 g/mol. The van der Waals surface area contributed by atoms with Gasteiger partial charge in [-0.2, -0.15) is 0 Å². The maximum absolute atomic E-state index is 2.26. The van der Waals surface area contributed by atoms with Crippen molar-refractivity contribution in [2.24, 2.45) is 0 Å². The van der Waals surface area contributed by atoms with E-state index in [0.29, 0.717) is 0 Å². The molecule has 0 bridgehead atoms. The highest BCUT2D eigenvalue weighted by atomic mass is 32.1. The molecule has 0 amide bonds. The maximum Gasteiger partial charge on any atom is 0.0345 e. The lowest BCUT2D eigenvalue weighted by atomic mass is 9.85. The van der Waals surface area contributed by atoms with Gasteiger partial charge in [-0.05, 0) is 33.9 Å². The molecule has 0 aliphatic carbocycles. The summed E-state index contributed by atoms with van der Waals surface area (Å²) in [6.07, 6.45) is 0. The molecule has 1 aromatic heterocycles. The average Bonchev–Trinajstić information content (AvgIpc) is 2.48. The molecule has 0 radical (unpaired) electrons. The first-order valence-electron chi connectivity index (χ1n) is 4.56. The average molecular weight is 190 g/mol. The summed E-state index contributed by atoms with van der Waals surface area (Å²) in [5.41, 5.74) is 1.70. The van der Waals surface area contributed by atoms with E-state index in [0.717, 1.165) is 0 Å². The van der Waals surface area contributed by atoms with Gasteiger partial charge in [-0.1, -0.05) is 32.9 Å². The van der Waals surface area contributed by atoms with Crippen LogP contribution in [0, 0.1) is 0 Å². The van der Waals surface area contributed by atoms with Crippen LogP contribution in [0.5, 0.6) is 0 Å². The van der Waals surface area contributed by atoms with Crippen LogP contribution in [-0.2, 0) is 5.41 Å². The number of fused-ring (bicyclic) bond motifs is 1. The van der Waals surface area contributed by atoms with Crippen LogP contribution in [0.3, 0.4) is 0 Å². The Morgan fingerprint density at radius 3 is 2.54 bits per heavy atom. The highest BCUT2D eigenvalue weighted by molar-refractivity contribution is 7.17. The van der Waals surface area contributed by atoms with Gasteiger partial charge in [-0.25, -0.2) is 0 Å². The van der Waals surface area contributed by atoms with E-state index in [1.165, 1.54) is 15.6 Å². The minimum atomic E-state index is 0.251. The van der Waals surface area contributed by atoms with E-state index in [9.17, 15) is 0 Å². The quantitative estimate of drug-likeness (QED) is 0.584. The zero-order chi connectivity index (χ0) is 9.47. The third-order valence-corrected chi connectivity index (χ3v) is 3.19. The molecule has 0 spiro atoms. The molecule has 0 aliphatic heterocycles. The summed E-state index contributed by atoms with van der Waals surface area (Å²) in [5.74, 6) is 0. The molecule has 0 saturated heterocycles. The summed E-state index contributed by atoms with van der Waals surface area (Å²) in [6.45, 7) is 6.79. The fourth-order valence-corrected chi connectivity index (χ4v) is 2.46. The van der Waals surface area contributed by atoms with Crippen molar-refractivity contribution in [2.75, 3.05) is 0 Å². The predicted octanol–water partition coefficient (Wildman–Crippen LogP) is 4.20. The van der Waals surface area contributed by atoms with Crippen LogP contribution in [0.2, 0.25) is 0 Å². The largest absolute Gasteiger partial charge is 0.144 e. The molecule has 0 atom stereocenters. The van der Waals surface area contributed by atoms with Crippen LogP contribution < -0.4 is 0 Å². The molecule has 1 heterocycles. The van der Waals surface area contributed by atoms with Crippen LogP contribution in [0.15, 0.2) is 29.6 Å². The topological polar surface area (TPSA) is 0 Å². The fraction of sp³-hybridized carbons (Fsp3) is 0.333. The van der Waals surface area contributed by atoms with E-state index in [1.54, 1.807) is 0 Å². The first-order chi connectivity index (χ1) is 6.09. The summed E-state index contributed by atoms with van der Waals surface area (Å²) in [6, 6.07) is 8.80. The Morgan fingerprint density at radius 2 is 1.85 bits per heavy atom. The summed E-state index contributed by atoms with van der Waals surface area (Å²) in [7, 11) is 0. The van der Waals surface area contributed by atoms with Gasteiger partial charge < -0.3 is 0 Å². The molecule has 1 aromatic carbocycles. The van der Waals surface area contributed by atoms with E-state index in [2.05, 4.69) is 50.4 Å². The lowest BCUT2D eigenvalue weighted by Gasteiger charge is -2.19. The third kappa shape index (κ3) is 1.49. The minimum absolute atomic E-state index is 0.251. The van der Waals surface area contributed by atoms with Gasteiger partial charge in [0, 0.05) is 4.70 Å². The van der Waals surface area contributed by atoms with E-state index >= 15 is 0 Å². The standard InChI is InChI=1S/C12H14S/c1-12(2,3)10-5-4-6-11-9(10)7-8-13-11/h4-8H,1-3H3. The number of thiophene rings is 1. The monoisotopic (exact) mass is 190 g/mol. The van der Waals surface area contributed by atoms with Crippen molar-refractivity contribution in [1.82, 2.24) is 0 Å². The van der Waals surface area contributed by atoms with Crippen LogP contribution in [0.4, 0.5) is 0 Å². The SMILES string of the molecule is CC(C)(C)c1cccc2sccc12. The van der Waals surface area contributed by atoms with Gasteiger partial charge in [0.15, 0.2) is 0 Å². The Kier molecular flexibility index (Phi) is 1.92. The van der Waals surface area contributed by atoms with Gasteiger partial charge in [0.2, 0.25) is 0 Å². The van der Waals surface area contributed by atoms with Crippen LogP contribution in [-0.4, -0.2) is 0 Å². The van der Waals surface area contributed by atoms with Crippen molar-refractivity contribution < 1.29 is 0 Å². The Balaban J connectivity index is 2.75. The number of hydrogen-bond acceptors (Lipinski definition) is 1. The Hall–Kier alpha value is -0.820. The van der Waals surface area contributed by atoms with Crippen molar-refractivity contribution in [1.29, 1.82) is 0 Å². The van der Waals surface area contributed by atoms with E-state index in [1.807, 2.05) is 11.3 Å². The van der Waals surface area contributed by atoms with Crippen LogP contribution >= 0.6 is 11.3 Å². The molecule has 1 heteroatoms. The van der Waals surface area contributed by atoms with Gasteiger partial charge in [-0.3, -0.25) is 0 Å². The van der Waals surface area contributed by atoms with E-state index < -0.39 is 0 Å². The summed E-state index contributed by atoms with van der Waals surface area (Å²) >= 11 is 1.82. The van der Waals surface area contributed by atoms with Gasteiger partial charge in [-0.15, -0.1) is 11.3 Å². The van der Waals surface area contributed by atoms with Crippen molar-refractivity contribution >= 4 is 21.4 Å². The highest BCUT2D eigenvalue weighted by Gasteiger charge is 2.16. The number of benzene rings is 1. The molecular formula is C12H14S. The Morgan fingerprint density at radius 1 is 1.08 bits per heavy atom. The highest BCUT2D eigenvalue weighted by Crippen LogP contribution is 2.32. The maximum atomic E-state index is 2.26. The second kappa shape index (κ2) is 2.85. The smallest absolute Gasteiger partial charge is 0.0345 e. The van der Waals surface area contributed by atoms with Crippen LogP contribution in [0.25, 0.3) is 10.1 Å². The zero-order valence-corrected chi connectivity index (χ0v) is 9.11. The zero-order valence-electron chi connectivity index (χ0n) is 8.29. The Labute approximate surface area is 83.2 Å². The van der Waals surface area contributed by atoms with Crippen molar-refractivity contribution in [3.05, 3.63) is 35.2 Å². The van der Waals surface area contributed by atoms with E-state index in [-0.39, 0.29) is 5.41 Å². The first kappa shape index (κ1) is 8.76. The molecule has 2 rings (SSSR count). The number of rotatable bonds is 0. The fourth-order valence-electron chi connectivity index (χ4n) is 1.65. The molecule has 0 aliphatic rings. The Bertz CT molecular complexity index is 418. The lowest BCUT2D eigenvalue weighted by Crippen LogP contribution is -2.10.